The van der Waals surface area contributed by atoms with Gasteiger partial charge in [0.15, 0.2) is 0 Å². The fourth-order valence-corrected chi connectivity index (χ4v) is 1.58. The van der Waals surface area contributed by atoms with Crippen molar-refractivity contribution in [3.05, 3.63) is 53.7 Å². The lowest BCUT2D eigenvalue weighted by atomic mass is 10.2. The molecule has 0 radical (unpaired) electrons. The fourth-order valence-electron chi connectivity index (χ4n) is 1.58. The Kier molecular flexibility index (Phi) is 4.11. The number of esters is 1. The topological polar surface area (TPSA) is 48.4 Å². The van der Waals surface area contributed by atoms with E-state index in [2.05, 4.69) is 9.72 Å². The first kappa shape index (κ1) is 14.8. The van der Waals surface area contributed by atoms with Crippen LogP contribution in [0.5, 0.6) is 11.6 Å². The molecule has 2 aromatic rings. The largest absolute Gasteiger partial charge is 0.465 e. The summed E-state index contributed by atoms with van der Waals surface area (Å²) in [6.07, 6.45) is -3.36. The lowest BCUT2D eigenvalue weighted by Crippen LogP contribution is -2.08. The minimum absolute atomic E-state index is 0.131. The molecule has 0 fully saturated rings. The number of carbonyl (C=O) groups is 1. The van der Waals surface area contributed by atoms with E-state index in [1.807, 2.05) is 0 Å². The second kappa shape index (κ2) is 5.82. The maximum absolute atomic E-state index is 12.8. The van der Waals surface area contributed by atoms with Crippen molar-refractivity contribution < 1.29 is 27.4 Å². The van der Waals surface area contributed by atoms with Crippen LogP contribution >= 0.6 is 0 Å². The van der Waals surface area contributed by atoms with Crippen LogP contribution in [0.1, 0.15) is 15.9 Å². The first-order valence-electron chi connectivity index (χ1n) is 5.80. The van der Waals surface area contributed by atoms with Crippen molar-refractivity contribution in [1.82, 2.24) is 4.98 Å². The number of rotatable bonds is 3. The molecule has 1 aromatic carbocycles. The number of aromatic nitrogens is 1. The molecule has 0 atom stereocenters. The molecule has 0 saturated heterocycles. The second-order valence-electron chi connectivity index (χ2n) is 3.97. The Morgan fingerprint density at radius 1 is 1.14 bits per heavy atom. The number of hydrogen-bond donors (Lipinski definition) is 0. The second-order valence-corrected chi connectivity index (χ2v) is 3.97. The first-order valence-corrected chi connectivity index (χ1v) is 5.80. The number of hydrogen-bond acceptors (Lipinski definition) is 4. The number of carbonyl (C=O) groups excluding carboxylic acids is 1. The Hall–Kier alpha value is -2.57. The highest BCUT2D eigenvalue weighted by Gasteiger charge is 2.35. The summed E-state index contributed by atoms with van der Waals surface area (Å²) in [7, 11) is 1.23. The van der Waals surface area contributed by atoms with E-state index in [0.717, 1.165) is 6.07 Å². The molecule has 21 heavy (non-hydrogen) atoms. The smallest absolute Gasteiger partial charge is 0.421 e. The SMILES string of the molecule is COC(=O)c1ccc(Oc2ncccc2C(F)(F)F)cc1. The fraction of sp³-hybridized carbons (Fsp3) is 0.143. The number of methoxy groups -OCH3 is 1. The summed E-state index contributed by atoms with van der Waals surface area (Å²) in [5, 5.41) is 0. The van der Waals surface area contributed by atoms with E-state index in [-0.39, 0.29) is 11.3 Å². The van der Waals surface area contributed by atoms with Gasteiger partial charge in [-0.1, -0.05) is 0 Å². The number of nitrogens with zero attached hydrogens (tertiary/aromatic N) is 1. The molecule has 0 saturated carbocycles. The van der Waals surface area contributed by atoms with Gasteiger partial charge in [-0.05, 0) is 36.4 Å². The van der Waals surface area contributed by atoms with Crippen LogP contribution in [0.25, 0.3) is 0 Å². The van der Waals surface area contributed by atoms with Gasteiger partial charge in [0.05, 0.1) is 12.7 Å². The highest BCUT2D eigenvalue weighted by Crippen LogP contribution is 2.36. The van der Waals surface area contributed by atoms with Gasteiger partial charge in [0.1, 0.15) is 11.3 Å². The molecule has 0 bridgehead atoms. The first-order chi connectivity index (χ1) is 9.91. The molecular weight excluding hydrogens is 287 g/mol. The van der Waals surface area contributed by atoms with Gasteiger partial charge in [-0.25, -0.2) is 9.78 Å². The molecule has 0 N–H and O–H groups in total. The Morgan fingerprint density at radius 3 is 2.38 bits per heavy atom. The van der Waals surface area contributed by atoms with Crippen molar-refractivity contribution in [1.29, 1.82) is 0 Å². The number of ether oxygens (including phenoxy) is 2. The predicted molar refractivity (Wildman–Crippen MR) is 67.1 cm³/mol. The molecule has 0 aliphatic rings. The monoisotopic (exact) mass is 297 g/mol. The maximum Gasteiger partial charge on any atom is 0.421 e. The molecule has 1 aromatic heterocycles. The van der Waals surface area contributed by atoms with Crippen LogP contribution in [0.2, 0.25) is 0 Å². The highest BCUT2D eigenvalue weighted by molar-refractivity contribution is 5.89. The van der Waals surface area contributed by atoms with Gasteiger partial charge in [-0.15, -0.1) is 0 Å². The van der Waals surface area contributed by atoms with E-state index in [1.165, 1.54) is 43.6 Å². The predicted octanol–water partition coefficient (Wildman–Crippen LogP) is 3.68. The molecule has 0 amide bonds. The van der Waals surface area contributed by atoms with E-state index in [0.29, 0.717) is 0 Å². The average Bonchev–Trinajstić information content (AvgIpc) is 2.47. The average molecular weight is 297 g/mol. The minimum atomic E-state index is -4.56. The Balaban J connectivity index is 2.25. The van der Waals surface area contributed by atoms with Gasteiger partial charge >= 0.3 is 12.1 Å². The Bertz CT molecular complexity index is 639. The van der Waals surface area contributed by atoms with Crippen LogP contribution in [0, 0.1) is 0 Å². The van der Waals surface area contributed by atoms with Gasteiger partial charge in [0, 0.05) is 6.20 Å². The van der Waals surface area contributed by atoms with Crippen molar-refractivity contribution in [2.24, 2.45) is 0 Å². The molecule has 0 unspecified atom stereocenters. The zero-order chi connectivity index (χ0) is 15.5. The lowest BCUT2D eigenvalue weighted by Gasteiger charge is -2.12. The Morgan fingerprint density at radius 2 is 1.81 bits per heavy atom. The van der Waals surface area contributed by atoms with E-state index in [4.69, 9.17) is 4.74 Å². The molecule has 0 aliphatic heterocycles. The third-order valence-electron chi connectivity index (χ3n) is 2.57. The quantitative estimate of drug-likeness (QED) is 0.811. The summed E-state index contributed by atoms with van der Waals surface area (Å²) in [6, 6.07) is 7.55. The zero-order valence-electron chi connectivity index (χ0n) is 10.8. The van der Waals surface area contributed by atoms with Gasteiger partial charge < -0.3 is 9.47 Å². The lowest BCUT2D eigenvalue weighted by molar-refractivity contribution is -0.138. The summed E-state index contributed by atoms with van der Waals surface area (Å²) in [4.78, 5) is 14.8. The molecule has 7 heteroatoms. The van der Waals surface area contributed by atoms with E-state index < -0.39 is 23.6 Å². The van der Waals surface area contributed by atoms with Gasteiger partial charge in [-0.2, -0.15) is 13.2 Å². The van der Waals surface area contributed by atoms with Gasteiger partial charge in [0.25, 0.3) is 0 Å². The molecule has 0 spiro atoms. The summed E-state index contributed by atoms with van der Waals surface area (Å²) in [5.41, 5.74) is -0.705. The third-order valence-corrected chi connectivity index (χ3v) is 2.57. The number of alkyl halides is 3. The maximum atomic E-state index is 12.8. The normalized spacial score (nSPS) is 11.0. The van der Waals surface area contributed by atoms with E-state index in [9.17, 15) is 18.0 Å². The molecule has 110 valence electrons. The molecule has 2 rings (SSSR count). The van der Waals surface area contributed by atoms with Crippen LogP contribution < -0.4 is 4.74 Å². The van der Waals surface area contributed by atoms with Crippen molar-refractivity contribution in [3.63, 3.8) is 0 Å². The summed E-state index contributed by atoms with van der Waals surface area (Å²) >= 11 is 0. The van der Waals surface area contributed by atoms with E-state index >= 15 is 0 Å². The Labute approximate surface area is 118 Å². The van der Waals surface area contributed by atoms with Gasteiger partial charge in [-0.3, -0.25) is 0 Å². The van der Waals surface area contributed by atoms with Crippen molar-refractivity contribution in [2.75, 3.05) is 7.11 Å². The standard InChI is InChI=1S/C14H10F3NO3/c1-20-13(19)9-4-6-10(7-5-9)21-12-11(14(15,16)17)3-2-8-18-12/h2-8H,1H3. The van der Waals surface area contributed by atoms with Crippen molar-refractivity contribution >= 4 is 5.97 Å². The molecular formula is C14H10F3NO3. The summed E-state index contributed by atoms with van der Waals surface area (Å²) < 4.78 is 48.0. The highest BCUT2D eigenvalue weighted by atomic mass is 19.4. The van der Waals surface area contributed by atoms with Crippen LogP contribution in [0.3, 0.4) is 0 Å². The van der Waals surface area contributed by atoms with Gasteiger partial charge in [0.2, 0.25) is 5.88 Å². The minimum Gasteiger partial charge on any atom is -0.465 e. The number of benzene rings is 1. The van der Waals surface area contributed by atoms with Crippen LogP contribution in [0.4, 0.5) is 13.2 Å². The van der Waals surface area contributed by atoms with Crippen LogP contribution in [0.15, 0.2) is 42.6 Å². The van der Waals surface area contributed by atoms with Crippen molar-refractivity contribution in [3.8, 4) is 11.6 Å². The number of halogens is 3. The zero-order valence-corrected chi connectivity index (χ0v) is 10.8. The third kappa shape index (κ3) is 3.50. The number of pyridine rings is 1. The van der Waals surface area contributed by atoms with Crippen LogP contribution in [-0.2, 0) is 10.9 Å². The molecule has 4 nitrogen and oxygen atoms in total. The summed E-state index contributed by atoms with van der Waals surface area (Å²) in [5.74, 6) is -0.960. The molecule has 1 heterocycles. The van der Waals surface area contributed by atoms with Crippen molar-refractivity contribution in [2.45, 2.75) is 6.18 Å². The summed E-state index contributed by atoms with van der Waals surface area (Å²) in [6.45, 7) is 0. The molecule has 0 aliphatic carbocycles. The van der Waals surface area contributed by atoms with E-state index in [1.54, 1.807) is 0 Å². The van der Waals surface area contributed by atoms with Crippen LogP contribution in [-0.4, -0.2) is 18.1 Å².